The second-order valence-corrected chi connectivity index (χ2v) is 3.71. The number of aliphatic hydroxyl groups excluding tert-OH is 1. The second kappa shape index (κ2) is 4.40. The number of aliphatic hydroxyl groups is 1. The van der Waals surface area contributed by atoms with Gasteiger partial charge in [-0.1, -0.05) is 0 Å². The number of carbonyl (C=O) groups is 1. The largest absolute Gasteiger partial charge is 0.394 e. The summed E-state index contributed by atoms with van der Waals surface area (Å²) < 4.78 is 0. The maximum absolute atomic E-state index is 12.0. The molecule has 4 nitrogen and oxygen atoms in total. The number of hydrogen-bond acceptors (Lipinski definition) is 3. The number of aromatic nitrogens is 1. The topological polar surface area (TPSA) is 53.4 Å². The molecule has 1 amide bonds. The van der Waals surface area contributed by atoms with E-state index in [0.717, 1.165) is 19.4 Å². The normalized spacial score (nSPS) is 20.6. The van der Waals surface area contributed by atoms with Crippen molar-refractivity contribution in [2.45, 2.75) is 18.9 Å². The van der Waals surface area contributed by atoms with E-state index in [9.17, 15) is 4.79 Å². The summed E-state index contributed by atoms with van der Waals surface area (Å²) in [4.78, 5) is 17.6. The highest BCUT2D eigenvalue weighted by Gasteiger charge is 2.28. The lowest BCUT2D eigenvalue weighted by Gasteiger charge is -2.22. The average molecular weight is 206 g/mol. The van der Waals surface area contributed by atoms with Crippen molar-refractivity contribution in [2.75, 3.05) is 13.2 Å². The highest BCUT2D eigenvalue weighted by atomic mass is 16.3. The molecule has 1 aliphatic rings. The Morgan fingerprint density at radius 1 is 1.53 bits per heavy atom. The van der Waals surface area contributed by atoms with E-state index in [-0.39, 0.29) is 18.6 Å². The van der Waals surface area contributed by atoms with Gasteiger partial charge in [0.15, 0.2) is 0 Å². The summed E-state index contributed by atoms with van der Waals surface area (Å²) in [7, 11) is 0. The van der Waals surface area contributed by atoms with Gasteiger partial charge in [0.2, 0.25) is 0 Å². The lowest BCUT2D eigenvalue weighted by molar-refractivity contribution is 0.0677. The zero-order valence-electron chi connectivity index (χ0n) is 8.47. The molecule has 15 heavy (non-hydrogen) atoms. The third-order valence-corrected chi connectivity index (χ3v) is 2.78. The minimum Gasteiger partial charge on any atom is -0.394 e. The van der Waals surface area contributed by atoms with Crippen molar-refractivity contribution in [1.29, 1.82) is 0 Å². The Hall–Kier alpha value is -1.42. The van der Waals surface area contributed by atoms with Gasteiger partial charge in [0.05, 0.1) is 12.6 Å². The molecule has 1 saturated heterocycles. The number of pyridine rings is 1. The Morgan fingerprint density at radius 3 is 2.93 bits per heavy atom. The molecular formula is C11H14N2O2. The van der Waals surface area contributed by atoms with Gasteiger partial charge in [0, 0.05) is 24.5 Å². The Labute approximate surface area is 88.6 Å². The van der Waals surface area contributed by atoms with Gasteiger partial charge in [-0.15, -0.1) is 0 Å². The molecule has 80 valence electrons. The maximum atomic E-state index is 12.0. The second-order valence-electron chi connectivity index (χ2n) is 3.71. The van der Waals surface area contributed by atoms with Gasteiger partial charge >= 0.3 is 0 Å². The van der Waals surface area contributed by atoms with Gasteiger partial charge < -0.3 is 10.0 Å². The van der Waals surface area contributed by atoms with Crippen LogP contribution >= 0.6 is 0 Å². The van der Waals surface area contributed by atoms with Crippen LogP contribution < -0.4 is 0 Å². The molecule has 0 radical (unpaired) electrons. The van der Waals surface area contributed by atoms with Crippen LogP contribution in [0.25, 0.3) is 0 Å². The predicted molar refractivity (Wildman–Crippen MR) is 55.4 cm³/mol. The number of amides is 1. The summed E-state index contributed by atoms with van der Waals surface area (Å²) in [6.45, 7) is 0.795. The summed E-state index contributed by atoms with van der Waals surface area (Å²) >= 11 is 0. The third-order valence-electron chi connectivity index (χ3n) is 2.78. The first-order chi connectivity index (χ1) is 7.33. The number of hydrogen-bond donors (Lipinski definition) is 1. The number of nitrogens with zero attached hydrogens (tertiary/aromatic N) is 2. The fraction of sp³-hybridized carbons (Fsp3) is 0.455. The number of likely N-dealkylation sites (tertiary alicyclic amines) is 1. The van der Waals surface area contributed by atoms with Gasteiger partial charge in [0.1, 0.15) is 0 Å². The minimum absolute atomic E-state index is 0.00560. The molecule has 1 aromatic rings. The molecule has 0 spiro atoms. The molecule has 0 aromatic carbocycles. The van der Waals surface area contributed by atoms with Gasteiger partial charge in [-0.25, -0.2) is 0 Å². The van der Waals surface area contributed by atoms with Gasteiger partial charge in [-0.05, 0) is 25.0 Å². The van der Waals surface area contributed by atoms with E-state index < -0.39 is 0 Å². The Bertz CT molecular complexity index is 340. The van der Waals surface area contributed by atoms with Gasteiger partial charge in [-0.3, -0.25) is 9.78 Å². The zero-order chi connectivity index (χ0) is 10.7. The third kappa shape index (κ3) is 1.99. The minimum atomic E-state index is -0.00864. The molecule has 1 N–H and O–H groups in total. The van der Waals surface area contributed by atoms with Crippen LogP contribution in [0.4, 0.5) is 0 Å². The Balaban J connectivity index is 2.14. The summed E-state index contributed by atoms with van der Waals surface area (Å²) in [6.07, 6.45) is 5.09. The van der Waals surface area contributed by atoms with Crippen LogP contribution in [0.5, 0.6) is 0 Å². The first kappa shape index (κ1) is 10.1. The fourth-order valence-electron chi connectivity index (χ4n) is 1.95. The predicted octanol–water partition coefficient (Wildman–Crippen LogP) is 0.678. The summed E-state index contributed by atoms with van der Waals surface area (Å²) in [6, 6.07) is 3.40. The molecule has 2 rings (SSSR count). The monoisotopic (exact) mass is 206 g/mol. The molecule has 0 bridgehead atoms. The first-order valence-corrected chi connectivity index (χ1v) is 5.15. The van der Waals surface area contributed by atoms with E-state index in [2.05, 4.69) is 4.98 Å². The van der Waals surface area contributed by atoms with Crippen LogP contribution in [0.3, 0.4) is 0 Å². The standard InChI is InChI=1S/C11H14N2O2/c14-8-10-2-1-7-13(10)11(15)9-3-5-12-6-4-9/h3-6,10,14H,1-2,7-8H2/t10-/m1/s1. The number of carbonyl (C=O) groups excluding carboxylic acids is 1. The van der Waals surface area contributed by atoms with Crippen molar-refractivity contribution in [1.82, 2.24) is 9.88 Å². The van der Waals surface area contributed by atoms with Crippen molar-refractivity contribution >= 4 is 5.91 Å². The molecule has 1 aliphatic heterocycles. The SMILES string of the molecule is O=C(c1ccncc1)N1CCC[C@@H]1CO. The van der Waals surface area contributed by atoms with Crippen LogP contribution in [0.15, 0.2) is 24.5 Å². The zero-order valence-corrected chi connectivity index (χ0v) is 8.47. The smallest absolute Gasteiger partial charge is 0.254 e. The Morgan fingerprint density at radius 2 is 2.27 bits per heavy atom. The molecule has 4 heteroatoms. The molecule has 0 saturated carbocycles. The lowest BCUT2D eigenvalue weighted by atomic mass is 10.2. The van der Waals surface area contributed by atoms with E-state index in [1.54, 1.807) is 29.4 Å². The maximum Gasteiger partial charge on any atom is 0.254 e. The van der Waals surface area contributed by atoms with E-state index in [1.807, 2.05) is 0 Å². The van der Waals surface area contributed by atoms with Gasteiger partial charge in [0.25, 0.3) is 5.91 Å². The van der Waals surface area contributed by atoms with E-state index in [4.69, 9.17) is 5.11 Å². The van der Waals surface area contributed by atoms with Crippen LogP contribution in [0.2, 0.25) is 0 Å². The average Bonchev–Trinajstić information content (AvgIpc) is 2.77. The molecule has 0 aliphatic carbocycles. The molecule has 0 unspecified atom stereocenters. The molecule has 1 fully saturated rings. The quantitative estimate of drug-likeness (QED) is 0.774. The fourth-order valence-corrected chi connectivity index (χ4v) is 1.95. The summed E-state index contributed by atoms with van der Waals surface area (Å²) in [5.41, 5.74) is 0.644. The van der Waals surface area contributed by atoms with Crippen molar-refractivity contribution in [3.05, 3.63) is 30.1 Å². The van der Waals surface area contributed by atoms with Gasteiger partial charge in [-0.2, -0.15) is 0 Å². The highest BCUT2D eigenvalue weighted by molar-refractivity contribution is 5.94. The van der Waals surface area contributed by atoms with Crippen LogP contribution in [-0.4, -0.2) is 40.1 Å². The van der Waals surface area contributed by atoms with Crippen molar-refractivity contribution in [2.24, 2.45) is 0 Å². The van der Waals surface area contributed by atoms with Crippen molar-refractivity contribution < 1.29 is 9.90 Å². The summed E-state index contributed by atoms with van der Waals surface area (Å²) in [5.74, 6) is -0.00560. The van der Waals surface area contributed by atoms with Crippen molar-refractivity contribution in [3.63, 3.8) is 0 Å². The van der Waals surface area contributed by atoms with Crippen LogP contribution in [0.1, 0.15) is 23.2 Å². The molecule has 2 heterocycles. The summed E-state index contributed by atoms with van der Waals surface area (Å²) in [5, 5.41) is 9.13. The number of rotatable bonds is 2. The van der Waals surface area contributed by atoms with Crippen LogP contribution in [-0.2, 0) is 0 Å². The first-order valence-electron chi connectivity index (χ1n) is 5.15. The molecule has 1 aromatic heterocycles. The molecule has 1 atom stereocenters. The Kier molecular flexibility index (Phi) is 2.97. The van der Waals surface area contributed by atoms with E-state index >= 15 is 0 Å². The lowest BCUT2D eigenvalue weighted by Crippen LogP contribution is -2.37. The van der Waals surface area contributed by atoms with E-state index in [1.165, 1.54) is 0 Å². The van der Waals surface area contributed by atoms with E-state index in [0.29, 0.717) is 5.56 Å². The molecular weight excluding hydrogens is 192 g/mol. The van der Waals surface area contributed by atoms with Crippen molar-refractivity contribution in [3.8, 4) is 0 Å². The van der Waals surface area contributed by atoms with Crippen LogP contribution in [0, 0.1) is 0 Å². The highest BCUT2D eigenvalue weighted by Crippen LogP contribution is 2.19.